The van der Waals surface area contributed by atoms with Gasteiger partial charge in [0.25, 0.3) is 0 Å². The Balaban J connectivity index is 2.61. The van der Waals surface area contributed by atoms with Gasteiger partial charge in [-0.25, -0.2) is 4.68 Å². The molecule has 2 rings (SSSR count). The summed E-state index contributed by atoms with van der Waals surface area (Å²) >= 11 is 5.92. The first kappa shape index (κ1) is 10.9. The van der Waals surface area contributed by atoms with Gasteiger partial charge in [0.05, 0.1) is 22.6 Å². The van der Waals surface area contributed by atoms with E-state index in [-0.39, 0.29) is 0 Å². The number of carbonyl (C=O) groups is 1. The van der Waals surface area contributed by atoms with Crippen LogP contribution in [-0.4, -0.2) is 16.1 Å². The number of nitrogens with zero attached hydrogens (tertiary/aromatic N) is 2. The number of aryl methyl sites for hydroxylation is 1. The highest BCUT2D eigenvalue weighted by Crippen LogP contribution is 2.19. The van der Waals surface area contributed by atoms with Gasteiger partial charge in [-0.1, -0.05) is 17.7 Å². The van der Waals surface area contributed by atoms with Crippen LogP contribution in [0.4, 0.5) is 0 Å². The molecule has 1 aromatic carbocycles. The summed E-state index contributed by atoms with van der Waals surface area (Å²) in [4.78, 5) is 10.9. The Morgan fingerprint density at radius 1 is 1.38 bits per heavy atom. The first-order chi connectivity index (χ1) is 7.63. The first-order valence-electron chi connectivity index (χ1n) is 4.91. The van der Waals surface area contributed by atoms with E-state index >= 15 is 0 Å². The van der Waals surface area contributed by atoms with Gasteiger partial charge >= 0.3 is 0 Å². The monoisotopic (exact) mass is 234 g/mol. The zero-order chi connectivity index (χ0) is 11.7. The molecule has 0 saturated carbocycles. The predicted molar refractivity (Wildman–Crippen MR) is 63.4 cm³/mol. The smallest absolute Gasteiger partial charge is 0.153 e. The minimum absolute atomic E-state index is 0.639. The molecule has 0 spiro atoms. The van der Waals surface area contributed by atoms with Crippen molar-refractivity contribution in [3.63, 3.8) is 0 Å². The Bertz CT molecular complexity index is 546. The van der Waals surface area contributed by atoms with Crippen LogP contribution in [0.2, 0.25) is 5.02 Å². The summed E-state index contributed by atoms with van der Waals surface area (Å²) in [5.41, 5.74) is 3.06. The maximum atomic E-state index is 10.9. The van der Waals surface area contributed by atoms with Crippen molar-refractivity contribution < 1.29 is 4.79 Å². The molecular weight excluding hydrogens is 224 g/mol. The maximum absolute atomic E-state index is 10.9. The van der Waals surface area contributed by atoms with Gasteiger partial charge in [0.1, 0.15) is 0 Å². The lowest BCUT2D eigenvalue weighted by atomic mass is 10.2. The minimum atomic E-state index is 0.639. The minimum Gasteiger partial charge on any atom is -0.298 e. The van der Waals surface area contributed by atoms with E-state index in [4.69, 9.17) is 11.6 Å². The Morgan fingerprint density at radius 2 is 2.12 bits per heavy atom. The summed E-state index contributed by atoms with van der Waals surface area (Å²) in [7, 11) is 0. The van der Waals surface area contributed by atoms with Gasteiger partial charge in [-0.15, -0.1) is 0 Å². The molecule has 0 unspecified atom stereocenters. The lowest BCUT2D eigenvalue weighted by Gasteiger charge is -2.04. The number of halogens is 1. The van der Waals surface area contributed by atoms with E-state index in [0.717, 1.165) is 23.4 Å². The third kappa shape index (κ3) is 1.74. The second-order valence-electron chi connectivity index (χ2n) is 3.59. The lowest BCUT2D eigenvalue weighted by Crippen LogP contribution is -1.99. The van der Waals surface area contributed by atoms with Crippen LogP contribution in [0.25, 0.3) is 5.69 Å². The van der Waals surface area contributed by atoms with Crippen molar-refractivity contribution in [2.24, 2.45) is 0 Å². The average Bonchev–Trinajstić information content (AvgIpc) is 2.54. The zero-order valence-corrected chi connectivity index (χ0v) is 9.82. The fourth-order valence-electron chi connectivity index (χ4n) is 1.68. The highest BCUT2D eigenvalue weighted by Gasteiger charge is 2.11. The van der Waals surface area contributed by atoms with Crippen LogP contribution in [0.15, 0.2) is 24.3 Å². The Hall–Kier alpha value is -1.61. The summed E-state index contributed by atoms with van der Waals surface area (Å²) in [5, 5.41) is 4.97. The van der Waals surface area contributed by atoms with Gasteiger partial charge in [0, 0.05) is 5.02 Å². The number of hydrogen-bond donors (Lipinski definition) is 0. The molecule has 0 aliphatic carbocycles. The van der Waals surface area contributed by atoms with Crippen LogP contribution in [0.1, 0.15) is 21.7 Å². The summed E-state index contributed by atoms with van der Waals surface area (Å²) in [6.07, 6.45) is 0.832. The molecule has 82 valence electrons. The molecule has 1 aromatic heterocycles. The number of carbonyl (C=O) groups excluding carboxylic acids is 1. The van der Waals surface area contributed by atoms with E-state index in [1.165, 1.54) is 0 Å². The normalized spacial score (nSPS) is 10.4. The highest BCUT2D eigenvalue weighted by molar-refractivity contribution is 6.30. The molecule has 1 heterocycles. The summed E-state index contributed by atoms with van der Waals surface area (Å²) in [5.74, 6) is 0. The van der Waals surface area contributed by atoms with E-state index in [0.29, 0.717) is 10.6 Å². The molecule has 2 aromatic rings. The summed E-state index contributed by atoms with van der Waals surface area (Å²) < 4.78 is 1.73. The van der Waals surface area contributed by atoms with E-state index in [1.807, 2.05) is 32.0 Å². The zero-order valence-electron chi connectivity index (χ0n) is 9.07. The fraction of sp³-hybridized carbons (Fsp3) is 0.167. The van der Waals surface area contributed by atoms with Gasteiger partial charge < -0.3 is 0 Å². The third-order valence-electron chi connectivity index (χ3n) is 2.52. The van der Waals surface area contributed by atoms with E-state index in [1.54, 1.807) is 10.7 Å². The van der Waals surface area contributed by atoms with E-state index < -0.39 is 0 Å². The second kappa shape index (κ2) is 4.10. The van der Waals surface area contributed by atoms with Crippen molar-refractivity contribution in [1.29, 1.82) is 0 Å². The lowest BCUT2D eigenvalue weighted by molar-refractivity contribution is 0.112. The quantitative estimate of drug-likeness (QED) is 0.749. The van der Waals surface area contributed by atoms with Gasteiger partial charge in [-0.05, 0) is 32.0 Å². The van der Waals surface area contributed by atoms with Crippen LogP contribution in [-0.2, 0) is 0 Å². The first-order valence-corrected chi connectivity index (χ1v) is 5.28. The van der Waals surface area contributed by atoms with Gasteiger partial charge in [0.2, 0.25) is 0 Å². The van der Waals surface area contributed by atoms with Crippen molar-refractivity contribution in [3.05, 3.63) is 46.2 Å². The largest absolute Gasteiger partial charge is 0.298 e. The number of rotatable bonds is 2. The predicted octanol–water partition coefficient (Wildman–Crippen LogP) is 2.96. The SMILES string of the molecule is Cc1nn(-c2cccc(Cl)c2)c(C)c1C=O. The molecule has 0 aliphatic heterocycles. The van der Waals surface area contributed by atoms with Crippen LogP contribution in [0.5, 0.6) is 0 Å². The maximum Gasteiger partial charge on any atom is 0.153 e. The number of aldehydes is 1. The molecule has 0 aliphatic rings. The third-order valence-corrected chi connectivity index (χ3v) is 2.75. The molecule has 0 N–H and O–H groups in total. The fourth-order valence-corrected chi connectivity index (χ4v) is 1.87. The Morgan fingerprint density at radius 3 is 2.69 bits per heavy atom. The number of benzene rings is 1. The van der Waals surface area contributed by atoms with Gasteiger partial charge in [0.15, 0.2) is 6.29 Å². The van der Waals surface area contributed by atoms with E-state index in [2.05, 4.69) is 5.10 Å². The molecule has 16 heavy (non-hydrogen) atoms. The van der Waals surface area contributed by atoms with Crippen molar-refractivity contribution in [2.75, 3.05) is 0 Å². The number of aromatic nitrogens is 2. The van der Waals surface area contributed by atoms with Crippen molar-refractivity contribution in [3.8, 4) is 5.69 Å². The summed E-state index contributed by atoms with van der Waals surface area (Å²) in [6, 6.07) is 7.38. The van der Waals surface area contributed by atoms with E-state index in [9.17, 15) is 4.79 Å². The van der Waals surface area contributed by atoms with Crippen LogP contribution in [0.3, 0.4) is 0 Å². The molecule has 0 atom stereocenters. The van der Waals surface area contributed by atoms with Crippen molar-refractivity contribution >= 4 is 17.9 Å². The van der Waals surface area contributed by atoms with Crippen LogP contribution in [0, 0.1) is 13.8 Å². The molecule has 0 saturated heterocycles. The van der Waals surface area contributed by atoms with Gasteiger partial charge in [-0.3, -0.25) is 4.79 Å². The molecular formula is C12H11ClN2O. The molecule has 0 amide bonds. The second-order valence-corrected chi connectivity index (χ2v) is 4.03. The Kier molecular flexibility index (Phi) is 2.79. The van der Waals surface area contributed by atoms with Crippen LogP contribution >= 0.6 is 11.6 Å². The molecule has 0 fully saturated rings. The average molecular weight is 235 g/mol. The topological polar surface area (TPSA) is 34.9 Å². The molecule has 0 bridgehead atoms. The van der Waals surface area contributed by atoms with Crippen LogP contribution < -0.4 is 0 Å². The number of hydrogen-bond acceptors (Lipinski definition) is 2. The van der Waals surface area contributed by atoms with Crippen molar-refractivity contribution in [1.82, 2.24) is 9.78 Å². The Labute approximate surface area is 98.7 Å². The highest BCUT2D eigenvalue weighted by atomic mass is 35.5. The molecule has 3 nitrogen and oxygen atoms in total. The molecule has 4 heteroatoms. The van der Waals surface area contributed by atoms with Gasteiger partial charge in [-0.2, -0.15) is 5.10 Å². The molecule has 0 radical (unpaired) electrons. The standard InChI is InChI=1S/C12H11ClN2O/c1-8-12(7-16)9(2)15(14-8)11-5-3-4-10(13)6-11/h3-7H,1-2H3. The summed E-state index contributed by atoms with van der Waals surface area (Å²) in [6.45, 7) is 3.68. The van der Waals surface area contributed by atoms with Crippen molar-refractivity contribution in [2.45, 2.75) is 13.8 Å².